The van der Waals surface area contributed by atoms with Gasteiger partial charge in [0.05, 0.1) is 0 Å². The van der Waals surface area contributed by atoms with Gasteiger partial charge in [-0.1, -0.05) is 304 Å². The number of hydrogen-bond donors (Lipinski definition) is 0. The van der Waals surface area contributed by atoms with Gasteiger partial charge in [-0.15, -0.1) is 0 Å². The molecule has 0 N–H and O–H groups in total. The average molecular weight is 934 g/mol. The SMILES string of the molecule is CCCCCCCCCCCCCCCCCCCC(=O)OC[C@@H](COC(=O)CCCCCCCCCCCC)OC(=O)CCCCCCCCCCCCCCCCCCCCC(C)C. The molecule has 0 amide bonds. The normalized spacial score (nSPS) is 12.0. The summed E-state index contributed by atoms with van der Waals surface area (Å²) in [7, 11) is 0. The highest BCUT2D eigenvalue weighted by molar-refractivity contribution is 5.71. The van der Waals surface area contributed by atoms with E-state index < -0.39 is 6.10 Å². The van der Waals surface area contributed by atoms with E-state index in [9.17, 15) is 14.4 Å². The molecule has 0 aliphatic rings. The summed E-state index contributed by atoms with van der Waals surface area (Å²) in [5, 5.41) is 0. The average Bonchev–Trinajstić information content (AvgIpc) is 3.30. The molecular weight excluding hydrogens is 817 g/mol. The Kier molecular flexibility index (Phi) is 53.0. The first-order valence-electron chi connectivity index (χ1n) is 29.9. The van der Waals surface area contributed by atoms with E-state index in [0.717, 1.165) is 63.7 Å². The Hall–Kier alpha value is -1.59. The molecule has 66 heavy (non-hydrogen) atoms. The van der Waals surface area contributed by atoms with Gasteiger partial charge in [0, 0.05) is 19.3 Å². The molecule has 0 aliphatic carbocycles. The number of esters is 3. The molecule has 0 unspecified atom stereocenters. The van der Waals surface area contributed by atoms with Crippen LogP contribution in [0.25, 0.3) is 0 Å². The fourth-order valence-electron chi connectivity index (χ4n) is 9.28. The van der Waals surface area contributed by atoms with Crippen LogP contribution < -0.4 is 0 Å². The van der Waals surface area contributed by atoms with Crippen molar-refractivity contribution in [3.63, 3.8) is 0 Å². The van der Waals surface area contributed by atoms with Crippen LogP contribution in [0.3, 0.4) is 0 Å². The minimum atomic E-state index is -0.761. The minimum Gasteiger partial charge on any atom is -0.462 e. The highest BCUT2D eigenvalue weighted by Gasteiger charge is 2.19. The fourth-order valence-corrected chi connectivity index (χ4v) is 9.28. The zero-order chi connectivity index (χ0) is 48.1. The van der Waals surface area contributed by atoms with Gasteiger partial charge in [-0.25, -0.2) is 0 Å². The third-order valence-electron chi connectivity index (χ3n) is 13.8. The summed E-state index contributed by atoms with van der Waals surface area (Å²) in [6, 6.07) is 0. The molecule has 0 rings (SSSR count). The predicted molar refractivity (Wildman–Crippen MR) is 284 cm³/mol. The molecule has 0 aromatic rings. The molecule has 0 saturated carbocycles. The first-order valence-corrected chi connectivity index (χ1v) is 29.9. The molecule has 0 fully saturated rings. The van der Waals surface area contributed by atoms with Crippen molar-refractivity contribution in [2.24, 2.45) is 5.92 Å². The zero-order valence-electron chi connectivity index (χ0n) is 45.2. The summed E-state index contributed by atoms with van der Waals surface area (Å²) in [6.07, 6.45) is 59.6. The van der Waals surface area contributed by atoms with Gasteiger partial charge >= 0.3 is 17.9 Å². The predicted octanol–water partition coefficient (Wildman–Crippen LogP) is 19.8. The second-order valence-corrected chi connectivity index (χ2v) is 21.1. The van der Waals surface area contributed by atoms with Gasteiger partial charge in [0.25, 0.3) is 0 Å². The molecule has 0 saturated heterocycles. The van der Waals surface area contributed by atoms with E-state index >= 15 is 0 Å². The van der Waals surface area contributed by atoms with E-state index in [1.165, 1.54) is 238 Å². The zero-order valence-corrected chi connectivity index (χ0v) is 45.2. The second kappa shape index (κ2) is 54.4. The van der Waals surface area contributed by atoms with Crippen molar-refractivity contribution in [1.29, 1.82) is 0 Å². The lowest BCUT2D eigenvalue weighted by atomic mass is 10.0. The monoisotopic (exact) mass is 933 g/mol. The van der Waals surface area contributed by atoms with E-state index in [2.05, 4.69) is 27.7 Å². The smallest absolute Gasteiger partial charge is 0.306 e. The van der Waals surface area contributed by atoms with E-state index in [1.54, 1.807) is 0 Å². The third kappa shape index (κ3) is 53.4. The maximum absolute atomic E-state index is 12.9. The third-order valence-corrected chi connectivity index (χ3v) is 13.8. The number of carbonyl (C=O) groups is 3. The van der Waals surface area contributed by atoms with Crippen molar-refractivity contribution in [2.45, 2.75) is 348 Å². The van der Waals surface area contributed by atoms with Gasteiger partial charge < -0.3 is 14.2 Å². The summed E-state index contributed by atoms with van der Waals surface area (Å²) >= 11 is 0. The Labute approximate surface area is 412 Å². The van der Waals surface area contributed by atoms with Crippen LogP contribution in [0.5, 0.6) is 0 Å². The molecule has 0 aliphatic heterocycles. The van der Waals surface area contributed by atoms with Gasteiger partial charge in [-0.3, -0.25) is 14.4 Å². The van der Waals surface area contributed by atoms with Crippen LogP contribution in [0.4, 0.5) is 0 Å². The molecular formula is C60H116O6. The molecule has 6 nitrogen and oxygen atoms in total. The second-order valence-electron chi connectivity index (χ2n) is 21.1. The lowest BCUT2D eigenvalue weighted by Gasteiger charge is -2.18. The Morgan fingerprint density at radius 1 is 0.288 bits per heavy atom. The van der Waals surface area contributed by atoms with Crippen molar-refractivity contribution in [3.05, 3.63) is 0 Å². The van der Waals surface area contributed by atoms with Crippen molar-refractivity contribution in [3.8, 4) is 0 Å². The van der Waals surface area contributed by atoms with Crippen LogP contribution in [0.2, 0.25) is 0 Å². The highest BCUT2D eigenvalue weighted by atomic mass is 16.6. The topological polar surface area (TPSA) is 78.9 Å². The number of hydrogen-bond acceptors (Lipinski definition) is 6. The maximum Gasteiger partial charge on any atom is 0.306 e. The lowest BCUT2D eigenvalue weighted by molar-refractivity contribution is -0.167. The van der Waals surface area contributed by atoms with E-state index in [1.807, 2.05) is 0 Å². The van der Waals surface area contributed by atoms with Gasteiger partial charge in [-0.2, -0.15) is 0 Å². The molecule has 0 aromatic carbocycles. The number of rotatable bonds is 55. The van der Waals surface area contributed by atoms with Crippen LogP contribution in [0.1, 0.15) is 342 Å². The van der Waals surface area contributed by atoms with Crippen molar-refractivity contribution < 1.29 is 28.6 Å². The molecule has 0 bridgehead atoms. The molecule has 6 heteroatoms. The van der Waals surface area contributed by atoms with Crippen LogP contribution >= 0.6 is 0 Å². The largest absolute Gasteiger partial charge is 0.462 e. The van der Waals surface area contributed by atoms with Crippen LogP contribution in [-0.4, -0.2) is 37.2 Å². The standard InChI is InChI=1S/C60H116O6/c1-5-7-9-11-13-15-17-18-19-22-26-29-32-36-40-44-48-52-59(62)65-55-57(54-64-58(61)51-47-43-39-35-16-14-12-10-8-6-2)66-60(63)53-49-45-41-37-33-30-27-24-21-20-23-25-28-31-34-38-42-46-50-56(3)4/h56-57H,5-55H2,1-4H3/t57-/m1/s1. The minimum absolute atomic E-state index is 0.0617. The van der Waals surface area contributed by atoms with Crippen LogP contribution in [0, 0.1) is 5.92 Å². The molecule has 0 aromatic heterocycles. The Morgan fingerprint density at radius 2 is 0.500 bits per heavy atom. The summed E-state index contributed by atoms with van der Waals surface area (Å²) in [6.45, 7) is 9.07. The van der Waals surface area contributed by atoms with E-state index in [4.69, 9.17) is 14.2 Å². The van der Waals surface area contributed by atoms with Gasteiger partial charge in [0.15, 0.2) is 6.10 Å². The molecule has 392 valence electrons. The highest BCUT2D eigenvalue weighted by Crippen LogP contribution is 2.18. The molecule has 0 spiro atoms. The van der Waals surface area contributed by atoms with Crippen molar-refractivity contribution in [2.75, 3.05) is 13.2 Å². The Bertz CT molecular complexity index is 996. The van der Waals surface area contributed by atoms with Gasteiger partial charge in [0.2, 0.25) is 0 Å². The first-order chi connectivity index (χ1) is 32.4. The fraction of sp³-hybridized carbons (Fsp3) is 0.950. The molecule has 1 atom stereocenters. The summed E-state index contributed by atoms with van der Waals surface area (Å²) in [4.78, 5) is 38.1. The molecule has 0 radical (unpaired) electrons. The Morgan fingerprint density at radius 3 is 0.742 bits per heavy atom. The van der Waals surface area contributed by atoms with Gasteiger partial charge in [0.1, 0.15) is 13.2 Å². The Balaban J connectivity index is 4.21. The van der Waals surface area contributed by atoms with E-state index in [-0.39, 0.29) is 31.1 Å². The number of ether oxygens (including phenoxy) is 3. The molecule has 0 heterocycles. The lowest BCUT2D eigenvalue weighted by Crippen LogP contribution is -2.30. The van der Waals surface area contributed by atoms with Crippen LogP contribution in [0.15, 0.2) is 0 Å². The van der Waals surface area contributed by atoms with Crippen LogP contribution in [-0.2, 0) is 28.6 Å². The number of unbranched alkanes of at least 4 members (excludes halogenated alkanes) is 42. The first kappa shape index (κ1) is 64.4. The van der Waals surface area contributed by atoms with E-state index in [0.29, 0.717) is 19.3 Å². The quantitative estimate of drug-likeness (QED) is 0.0343. The van der Waals surface area contributed by atoms with Crippen molar-refractivity contribution >= 4 is 17.9 Å². The summed E-state index contributed by atoms with van der Waals surface area (Å²) < 4.78 is 16.9. The summed E-state index contributed by atoms with van der Waals surface area (Å²) in [5.74, 6) is 0.0233. The maximum atomic E-state index is 12.9. The van der Waals surface area contributed by atoms with Crippen molar-refractivity contribution in [1.82, 2.24) is 0 Å². The van der Waals surface area contributed by atoms with Gasteiger partial charge in [-0.05, 0) is 25.2 Å². The summed E-state index contributed by atoms with van der Waals surface area (Å²) in [5.41, 5.74) is 0. The number of carbonyl (C=O) groups excluding carboxylic acids is 3.